The molecule has 2 amide bonds. The molecule has 0 aliphatic heterocycles. The maximum Gasteiger partial charge on any atom is 0.243 e. The van der Waals surface area contributed by atoms with E-state index in [2.05, 4.69) is 41.0 Å². The molecule has 0 aromatic heterocycles. The third kappa shape index (κ3) is 3.59. The smallest absolute Gasteiger partial charge is 0.243 e. The normalized spacial score (nSPS) is 18.3. The molecule has 4 rings (SSSR count). The molecule has 0 unspecified atom stereocenters. The number of benzene rings is 3. The summed E-state index contributed by atoms with van der Waals surface area (Å²) in [4.78, 5) is 24.3. The molecule has 1 aliphatic rings. The molecule has 0 saturated heterocycles. The molecule has 1 saturated carbocycles. The molecule has 3 aromatic carbocycles. The fraction of sp³-hybridized carbons (Fsp3) is 0.182. The largest absolute Gasteiger partial charge is 0.347 e. The van der Waals surface area contributed by atoms with Gasteiger partial charge in [0.2, 0.25) is 11.8 Å². The molecule has 4 heteroatoms. The second-order valence-corrected chi connectivity index (χ2v) is 6.69. The Balaban J connectivity index is 1.31. The van der Waals surface area contributed by atoms with Crippen molar-refractivity contribution in [2.45, 2.75) is 12.3 Å². The topological polar surface area (TPSA) is 58.2 Å². The van der Waals surface area contributed by atoms with Crippen LogP contribution in [-0.2, 0) is 9.59 Å². The molecule has 4 nitrogen and oxygen atoms in total. The molecular formula is C22H20N2O2. The van der Waals surface area contributed by atoms with E-state index in [1.165, 1.54) is 16.3 Å². The molecule has 2 N–H and O–H groups in total. The zero-order valence-electron chi connectivity index (χ0n) is 14.3. The molecule has 0 bridgehead atoms. The van der Waals surface area contributed by atoms with Gasteiger partial charge in [-0.1, -0.05) is 60.7 Å². The van der Waals surface area contributed by atoms with Crippen molar-refractivity contribution < 1.29 is 9.59 Å². The van der Waals surface area contributed by atoms with E-state index in [0.29, 0.717) is 0 Å². The van der Waals surface area contributed by atoms with Gasteiger partial charge in [0, 0.05) is 11.6 Å². The summed E-state index contributed by atoms with van der Waals surface area (Å²) in [5.74, 6) is -0.0590. The van der Waals surface area contributed by atoms with Crippen LogP contribution in [0.1, 0.15) is 17.9 Å². The molecule has 1 fully saturated rings. The maximum atomic E-state index is 12.3. The second-order valence-electron chi connectivity index (χ2n) is 6.69. The zero-order valence-corrected chi connectivity index (χ0v) is 14.3. The first kappa shape index (κ1) is 16.3. The summed E-state index contributed by atoms with van der Waals surface area (Å²) in [5.41, 5.74) is 1.92. The average molecular weight is 344 g/mol. The van der Waals surface area contributed by atoms with Gasteiger partial charge in [0.1, 0.15) is 0 Å². The van der Waals surface area contributed by atoms with E-state index in [4.69, 9.17) is 0 Å². The van der Waals surface area contributed by atoms with Crippen LogP contribution >= 0.6 is 0 Å². The van der Waals surface area contributed by atoms with E-state index in [-0.39, 0.29) is 30.2 Å². The lowest BCUT2D eigenvalue weighted by Gasteiger charge is -2.07. The lowest BCUT2D eigenvalue weighted by Crippen LogP contribution is -2.34. The number of amides is 2. The van der Waals surface area contributed by atoms with Gasteiger partial charge in [-0.15, -0.1) is 0 Å². The Morgan fingerprint density at radius 3 is 2.42 bits per heavy atom. The van der Waals surface area contributed by atoms with E-state index < -0.39 is 0 Å². The molecular weight excluding hydrogens is 324 g/mol. The predicted molar refractivity (Wildman–Crippen MR) is 103 cm³/mol. The van der Waals surface area contributed by atoms with Crippen LogP contribution in [0.4, 0.5) is 5.69 Å². The first-order chi connectivity index (χ1) is 12.7. The minimum absolute atomic E-state index is 0.00529. The van der Waals surface area contributed by atoms with Crippen LogP contribution in [0.2, 0.25) is 0 Å². The van der Waals surface area contributed by atoms with Gasteiger partial charge in [-0.2, -0.15) is 0 Å². The van der Waals surface area contributed by atoms with Crippen LogP contribution in [0.5, 0.6) is 0 Å². The summed E-state index contributed by atoms with van der Waals surface area (Å²) in [7, 11) is 0. The average Bonchev–Trinajstić information content (AvgIpc) is 3.47. The number of anilines is 1. The minimum atomic E-state index is -0.215. The van der Waals surface area contributed by atoms with Crippen molar-refractivity contribution in [3.8, 4) is 0 Å². The van der Waals surface area contributed by atoms with Gasteiger partial charge >= 0.3 is 0 Å². The highest BCUT2D eigenvalue weighted by atomic mass is 16.2. The van der Waals surface area contributed by atoms with Gasteiger partial charge < -0.3 is 10.6 Å². The Kier molecular flexibility index (Phi) is 4.40. The Morgan fingerprint density at radius 2 is 1.62 bits per heavy atom. The van der Waals surface area contributed by atoms with Crippen molar-refractivity contribution >= 4 is 28.3 Å². The number of nitrogens with one attached hydrogen (secondary N) is 2. The van der Waals surface area contributed by atoms with E-state index >= 15 is 0 Å². The number of para-hydroxylation sites is 1. The van der Waals surface area contributed by atoms with Crippen molar-refractivity contribution in [1.82, 2.24) is 5.32 Å². The first-order valence-electron chi connectivity index (χ1n) is 8.82. The summed E-state index contributed by atoms with van der Waals surface area (Å²) in [5, 5.41) is 7.91. The highest BCUT2D eigenvalue weighted by Crippen LogP contribution is 2.48. The van der Waals surface area contributed by atoms with Gasteiger partial charge in [0.15, 0.2) is 0 Å². The Morgan fingerprint density at radius 1 is 0.885 bits per heavy atom. The number of rotatable bonds is 5. The van der Waals surface area contributed by atoms with Gasteiger partial charge in [-0.05, 0) is 40.8 Å². The van der Waals surface area contributed by atoms with Crippen LogP contribution in [0, 0.1) is 5.92 Å². The zero-order chi connectivity index (χ0) is 17.9. The van der Waals surface area contributed by atoms with E-state index in [1.54, 1.807) is 0 Å². The summed E-state index contributed by atoms with van der Waals surface area (Å²) in [6, 6.07) is 23.8. The third-order valence-electron chi connectivity index (χ3n) is 4.81. The van der Waals surface area contributed by atoms with Crippen LogP contribution in [0.15, 0.2) is 72.8 Å². The van der Waals surface area contributed by atoms with E-state index in [0.717, 1.165) is 12.1 Å². The number of hydrogen-bond acceptors (Lipinski definition) is 2. The lowest BCUT2D eigenvalue weighted by atomic mass is 10.0. The number of fused-ring (bicyclic) bond motifs is 1. The van der Waals surface area contributed by atoms with Crippen LogP contribution in [0.25, 0.3) is 10.8 Å². The maximum absolute atomic E-state index is 12.3. The summed E-state index contributed by atoms with van der Waals surface area (Å²) >= 11 is 0. The van der Waals surface area contributed by atoms with Crippen molar-refractivity contribution in [3.63, 3.8) is 0 Å². The standard InChI is InChI=1S/C22H20N2O2/c25-21(24-18-8-2-1-3-9-18)14-23-22(26)20-13-19(20)17-11-10-15-6-4-5-7-16(15)12-17/h1-12,19-20H,13-14H2,(H,23,26)(H,24,25)/t19-,20+/m0/s1. The quantitative estimate of drug-likeness (QED) is 0.741. The van der Waals surface area contributed by atoms with Gasteiger partial charge in [-0.3, -0.25) is 9.59 Å². The fourth-order valence-corrected chi connectivity index (χ4v) is 3.32. The second kappa shape index (κ2) is 7.00. The van der Waals surface area contributed by atoms with Crippen LogP contribution < -0.4 is 10.6 Å². The van der Waals surface area contributed by atoms with Crippen LogP contribution in [-0.4, -0.2) is 18.4 Å². The van der Waals surface area contributed by atoms with Crippen molar-refractivity contribution in [1.29, 1.82) is 0 Å². The SMILES string of the molecule is O=C(CNC(=O)[C@@H]1C[C@H]1c1ccc2ccccc2c1)Nc1ccccc1. The van der Waals surface area contributed by atoms with Crippen molar-refractivity contribution in [2.75, 3.05) is 11.9 Å². The molecule has 1 aliphatic carbocycles. The third-order valence-corrected chi connectivity index (χ3v) is 4.81. The molecule has 2 atom stereocenters. The van der Waals surface area contributed by atoms with E-state index in [1.807, 2.05) is 42.5 Å². The Bertz CT molecular complexity index is 953. The van der Waals surface area contributed by atoms with Gasteiger partial charge in [0.05, 0.1) is 6.54 Å². The van der Waals surface area contributed by atoms with E-state index in [9.17, 15) is 9.59 Å². The summed E-state index contributed by atoms with van der Waals surface area (Å²) in [6.45, 7) is -0.00529. The van der Waals surface area contributed by atoms with Gasteiger partial charge in [0.25, 0.3) is 0 Å². The fourth-order valence-electron chi connectivity index (χ4n) is 3.32. The van der Waals surface area contributed by atoms with Crippen molar-refractivity contribution in [2.24, 2.45) is 5.92 Å². The Hall–Kier alpha value is -3.14. The monoisotopic (exact) mass is 344 g/mol. The first-order valence-corrected chi connectivity index (χ1v) is 8.82. The number of carbonyl (C=O) groups is 2. The molecule has 26 heavy (non-hydrogen) atoms. The number of hydrogen-bond donors (Lipinski definition) is 2. The Labute approximate surface area is 152 Å². The number of carbonyl (C=O) groups excluding carboxylic acids is 2. The van der Waals surface area contributed by atoms with Gasteiger partial charge in [-0.25, -0.2) is 0 Å². The minimum Gasteiger partial charge on any atom is -0.347 e. The summed E-state index contributed by atoms with van der Waals surface area (Å²) in [6.07, 6.45) is 0.838. The molecule has 130 valence electrons. The highest BCUT2D eigenvalue weighted by molar-refractivity contribution is 5.95. The molecule has 0 heterocycles. The lowest BCUT2D eigenvalue weighted by molar-refractivity contribution is -0.125. The molecule has 3 aromatic rings. The predicted octanol–water partition coefficient (Wildman–Crippen LogP) is 3.70. The van der Waals surface area contributed by atoms with Crippen LogP contribution in [0.3, 0.4) is 0 Å². The molecule has 0 spiro atoms. The molecule has 0 radical (unpaired) electrons. The highest BCUT2D eigenvalue weighted by Gasteiger charge is 2.43. The van der Waals surface area contributed by atoms with Crippen molar-refractivity contribution in [3.05, 3.63) is 78.4 Å². The summed E-state index contributed by atoms with van der Waals surface area (Å²) < 4.78 is 0.